The van der Waals surface area contributed by atoms with Crippen molar-refractivity contribution in [1.82, 2.24) is 19.8 Å². The van der Waals surface area contributed by atoms with E-state index in [1.165, 1.54) is 4.31 Å². The molecule has 1 aromatic carbocycles. The summed E-state index contributed by atoms with van der Waals surface area (Å²) in [6, 6.07) is 6.53. The molecule has 1 fully saturated rings. The number of carbonyl (C=O) groups excluding carboxylic acids is 1. The van der Waals surface area contributed by atoms with Crippen molar-refractivity contribution in [2.75, 3.05) is 25.4 Å². The van der Waals surface area contributed by atoms with Crippen molar-refractivity contribution in [1.29, 1.82) is 0 Å². The molecular weight excluding hydrogens is 400 g/mol. The zero-order chi connectivity index (χ0) is 20.0. The lowest BCUT2D eigenvalue weighted by molar-refractivity contribution is -0.118. The predicted molar refractivity (Wildman–Crippen MR) is 106 cm³/mol. The molecule has 2 aromatic rings. The number of rotatable bonds is 8. The maximum Gasteiger partial charge on any atom is 0.277 e. The van der Waals surface area contributed by atoms with Crippen LogP contribution < -0.4 is 5.32 Å². The maximum atomic E-state index is 12.9. The lowest BCUT2D eigenvalue weighted by Crippen LogP contribution is -2.35. The average molecular weight is 425 g/mol. The van der Waals surface area contributed by atoms with E-state index in [1.54, 1.807) is 24.3 Å². The van der Waals surface area contributed by atoms with Crippen molar-refractivity contribution in [3.8, 4) is 11.5 Å². The molecule has 0 aliphatic carbocycles. The fraction of sp³-hybridized carbons (Fsp3) is 0.500. The number of hydrogen-bond donors (Lipinski definition) is 1. The standard InChI is InChI=1S/C18H24N4O4S2/c1-2-9-19-16(23)13-27-18-21-20-17(26-18)14-7-6-8-15(12-14)28(24,25)22-10-4-3-5-11-22/h6-8,12H,2-5,9-11,13H2,1H3,(H,19,23). The topological polar surface area (TPSA) is 105 Å². The highest BCUT2D eigenvalue weighted by Crippen LogP contribution is 2.27. The Morgan fingerprint density at radius 1 is 1.25 bits per heavy atom. The highest BCUT2D eigenvalue weighted by molar-refractivity contribution is 7.99. The minimum Gasteiger partial charge on any atom is -0.411 e. The fourth-order valence-corrected chi connectivity index (χ4v) is 5.03. The Bertz CT molecular complexity index is 908. The van der Waals surface area contributed by atoms with Crippen molar-refractivity contribution >= 4 is 27.7 Å². The molecule has 8 nitrogen and oxygen atoms in total. The molecule has 1 saturated heterocycles. The van der Waals surface area contributed by atoms with E-state index in [-0.39, 0.29) is 27.7 Å². The first-order valence-corrected chi connectivity index (χ1v) is 11.8. The molecule has 3 rings (SSSR count). The molecule has 1 aliphatic rings. The van der Waals surface area contributed by atoms with Crippen LogP contribution in [0.5, 0.6) is 0 Å². The van der Waals surface area contributed by atoms with Crippen LogP contribution in [-0.2, 0) is 14.8 Å². The van der Waals surface area contributed by atoms with Gasteiger partial charge in [-0.2, -0.15) is 4.31 Å². The van der Waals surface area contributed by atoms with Gasteiger partial charge in [0.2, 0.25) is 21.8 Å². The Morgan fingerprint density at radius 2 is 2.04 bits per heavy atom. The minimum atomic E-state index is -3.53. The normalized spacial score (nSPS) is 15.5. The van der Waals surface area contributed by atoms with Gasteiger partial charge in [-0.1, -0.05) is 31.2 Å². The zero-order valence-corrected chi connectivity index (χ0v) is 17.4. The van der Waals surface area contributed by atoms with Crippen LogP contribution in [0.2, 0.25) is 0 Å². The van der Waals surface area contributed by atoms with Gasteiger partial charge in [0, 0.05) is 25.2 Å². The zero-order valence-electron chi connectivity index (χ0n) is 15.8. The van der Waals surface area contributed by atoms with Crippen molar-refractivity contribution in [3.05, 3.63) is 24.3 Å². The van der Waals surface area contributed by atoms with Crippen LogP contribution in [0.1, 0.15) is 32.6 Å². The SMILES string of the molecule is CCCNC(=O)CSc1nnc(-c2cccc(S(=O)(=O)N3CCCCC3)c2)o1. The van der Waals surface area contributed by atoms with E-state index in [9.17, 15) is 13.2 Å². The quantitative estimate of drug-likeness (QED) is 0.649. The summed E-state index contributed by atoms with van der Waals surface area (Å²) in [5.41, 5.74) is 0.535. The summed E-state index contributed by atoms with van der Waals surface area (Å²) in [4.78, 5) is 11.9. The lowest BCUT2D eigenvalue weighted by atomic mass is 10.2. The molecule has 2 heterocycles. The summed E-state index contributed by atoms with van der Waals surface area (Å²) in [5.74, 6) is 0.318. The Kier molecular flexibility index (Phi) is 7.08. The van der Waals surface area contributed by atoms with Crippen molar-refractivity contribution in [3.63, 3.8) is 0 Å². The van der Waals surface area contributed by atoms with Gasteiger partial charge in [0.1, 0.15) is 0 Å². The molecule has 1 N–H and O–H groups in total. The molecule has 152 valence electrons. The number of sulfonamides is 1. The molecular formula is C18H24N4O4S2. The number of thioether (sulfide) groups is 1. The number of nitrogens with zero attached hydrogens (tertiary/aromatic N) is 3. The van der Waals surface area contributed by atoms with Crippen LogP contribution in [0.3, 0.4) is 0 Å². The first-order valence-electron chi connectivity index (χ1n) is 9.34. The van der Waals surface area contributed by atoms with Crippen molar-refractivity contribution in [2.45, 2.75) is 42.7 Å². The third-order valence-corrected chi connectivity index (χ3v) is 7.05. The number of carbonyl (C=O) groups is 1. The smallest absolute Gasteiger partial charge is 0.277 e. The van der Waals surface area contributed by atoms with Crippen molar-refractivity contribution < 1.29 is 17.6 Å². The molecule has 1 amide bonds. The molecule has 0 radical (unpaired) electrons. The molecule has 10 heteroatoms. The van der Waals surface area contributed by atoms with Gasteiger partial charge in [-0.15, -0.1) is 10.2 Å². The minimum absolute atomic E-state index is 0.0961. The van der Waals surface area contributed by atoms with Gasteiger partial charge in [0.05, 0.1) is 10.6 Å². The average Bonchev–Trinajstić information content (AvgIpc) is 3.20. The highest BCUT2D eigenvalue weighted by Gasteiger charge is 2.26. The molecule has 28 heavy (non-hydrogen) atoms. The summed E-state index contributed by atoms with van der Waals surface area (Å²) >= 11 is 1.15. The molecule has 0 bridgehead atoms. The van der Waals surface area contributed by atoms with Crippen LogP contribution in [-0.4, -0.2) is 54.2 Å². The largest absolute Gasteiger partial charge is 0.411 e. The highest BCUT2D eigenvalue weighted by atomic mass is 32.2. The molecule has 0 atom stereocenters. The monoisotopic (exact) mass is 424 g/mol. The van der Waals surface area contributed by atoms with E-state index in [2.05, 4.69) is 15.5 Å². The number of hydrogen-bond acceptors (Lipinski definition) is 7. The summed E-state index contributed by atoms with van der Waals surface area (Å²) in [7, 11) is -3.53. The van der Waals surface area contributed by atoms with Crippen LogP contribution >= 0.6 is 11.8 Å². The Balaban J connectivity index is 1.70. The van der Waals surface area contributed by atoms with Gasteiger partial charge in [0.25, 0.3) is 5.22 Å². The Morgan fingerprint density at radius 3 is 2.79 bits per heavy atom. The third-order valence-electron chi connectivity index (χ3n) is 4.34. The first-order chi connectivity index (χ1) is 13.5. The molecule has 0 saturated carbocycles. The molecule has 0 spiro atoms. The second-order valence-electron chi connectivity index (χ2n) is 6.50. The van der Waals surface area contributed by atoms with Gasteiger partial charge in [-0.05, 0) is 37.5 Å². The summed E-state index contributed by atoms with van der Waals surface area (Å²) < 4.78 is 32.8. The third kappa shape index (κ3) is 5.12. The predicted octanol–water partition coefficient (Wildman–Crippen LogP) is 2.53. The first kappa shape index (κ1) is 20.8. The van der Waals surface area contributed by atoms with Gasteiger partial charge in [-0.3, -0.25) is 4.79 Å². The van der Waals surface area contributed by atoms with E-state index in [4.69, 9.17) is 4.42 Å². The van der Waals surface area contributed by atoms with Gasteiger partial charge in [-0.25, -0.2) is 8.42 Å². The van der Waals surface area contributed by atoms with Crippen molar-refractivity contribution in [2.24, 2.45) is 0 Å². The molecule has 1 aromatic heterocycles. The molecule has 0 unspecified atom stereocenters. The number of piperidine rings is 1. The summed E-state index contributed by atoms with van der Waals surface area (Å²) in [6.07, 6.45) is 3.70. The Labute approximate surface area is 169 Å². The van der Waals surface area contributed by atoms with Crippen LogP contribution in [0.25, 0.3) is 11.5 Å². The van der Waals surface area contributed by atoms with E-state index in [0.717, 1.165) is 37.4 Å². The number of nitrogens with one attached hydrogen (secondary N) is 1. The van der Waals surface area contributed by atoms with E-state index >= 15 is 0 Å². The molecule has 1 aliphatic heterocycles. The van der Waals surface area contributed by atoms with Gasteiger partial charge >= 0.3 is 0 Å². The van der Waals surface area contributed by atoms with Crippen LogP contribution in [0.4, 0.5) is 0 Å². The van der Waals surface area contributed by atoms with Gasteiger partial charge < -0.3 is 9.73 Å². The van der Waals surface area contributed by atoms with E-state index in [1.807, 2.05) is 6.92 Å². The van der Waals surface area contributed by atoms with Crippen LogP contribution in [0.15, 0.2) is 38.8 Å². The Hall–Kier alpha value is -1.91. The fourth-order valence-electron chi connectivity index (χ4n) is 2.87. The summed E-state index contributed by atoms with van der Waals surface area (Å²) in [5, 5.41) is 11.0. The number of amides is 1. The van der Waals surface area contributed by atoms with E-state index < -0.39 is 10.0 Å². The van der Waals surface area contributed by atoms with Gasteiger partial charge in [0.15, 0.2) is 0 Å². The number of benzene rings is 1. The second kappa shape index (κ2) is 9.53. The second-order valence-corrected chi connectivity index (χ2v) is 9.37. The maximum absolute atomic E-state index is 12.9. The summed E-state index contributed by atoms with van der Waals surface area (Å²) in [6.45, 7) is 3.71. The van der Waals surface area contributed by atoms with E-state index in [0.29, 0.717) is 25.2 Å². The van der Waals surface area contributed by atoms with Crippen LogP contribution in [0, 0.1) is 0 Å². The number of aromatic nitrogens is 2. The lowest BCUT2D eigenvalue weighted by Gasteiger charge is -2.25.